The van der Waals surface area contributed by atoms with Crippen LogP contribution in [0.4, 0.5) is 0 Å². The van der Waals surface area contributed by atoms with Gasteiger partial charge in [0.25, 0.3) is 0 Å². The Hall–Kier alpha value is -1.10. The standard InChI is InChI=1S/C14H19ClN2O2/c1-19-11(8-16)7-14(18)17-6-5-12-10(9-17)3-2-4-13(12)15/h2-4,11H,5-9,16H2,1H3. The maximum Gasteiger partial charge on any atom is 0.225 e. The minimum atomic E-state index is -0.201. The molecule has 0 spiro atoms. The van der Waals surface area contributed by atoms with Crippen molar-refractivity contribution in [2.45, 2.75) is 25.5 Å². The zero-order chi connectivity index (χ0) is 13.8. The Bertz CT molecular complexity index is 461. The SMILES string of the molecule is COC(CN)CC(=O)N1CCc2c(Cl)cccc2C1. The summed E-state index contributed by atoms with van der Waals surface area (Å²) in [6.07, 6.45) is 0.942. The van der Waals surface area contributed by atoms with E-state index >= 15 is 0 Å². The highest BCUT2D eigenvalue weighted by atomic mass is 35.5. The number of benzene rings is 1. The zero-order valence-electron chi connectivity index (χ0n) is 11.1. The van der Waals surface area contributed by atoms with Crippen LogP contribution in [0.25, 0.3) is 0 Å². The molecule has 2 N–H and O–H groups in total. The molecule has 4 nitrogen and oxygen atoms in total. The van der Waals surface area contributed by atoms with Crippen molar-refractivity contribution in [3.63, 3.8) is 0 Å². The molecule has 0 aliphatic carbocycles. The van der Waals surface area contributed by atoms with Gasteiger partial charge in [0, 0.05) is 31.8 Å². The van der Waals surface area contributed by atoms with Gasteiger partial charge in [-0.05, 0) is 23.6 Å². The molecule has 1 aliphatic heterocycles. The van der Waals surface area contributed by atoms with E-state index in [4.69, 9.17) is 22.1 Å². The zero-order valence-corrected chi connectivity index (χ0v) is 11.8. The van der Waals surface area contributed by atoms with Crippen molar-refractivity contribution >= 4 is 17.5 Å². The lowest BCUT2D eigenvalue weighted by Gasteiger charge is -2.30. The van der Waals surface area contributed by atoms with Gasteiger partial charge < -0.3 is 15.4 Å². The maximum absolute atomic E-state index is 12.2. The largest absolute Gasteiger partial charge is 0.380 e. The number of hydrogen-bond acceptors (Lipinski definition) is 3. The summed E-state index contributed by atoms with van der Waals surface area (Å²) in [5.41, 5.74) is 7.84. The lowest BCUT2D eigenvalue weighted by Crippen LogP contribution is -2.39. The summed E-state index contributed by atoms with van der Waals surface area (Å²) in [5, 5.41) is 0.793. The van der Waals surface area contributed by atoms with Crippen molar-refractivity contribution in [3.8, 4) is 0 Å². The van der Waals surface area contributed by atoms with Gasteiger partial charge in [-0.25, -0.2) is 0 Å². The number of halogens is 1. The average Bonchev–Trinajstić information content (AvgIpc) is 2.44. The molecule has 2 rings (SSSR count). The van der Waals surface area contributed by atoms with E-state index in [2.05, 4.69) is 0 Å². The fourth-order valence-electron chi connectivity index (χ4n) is 2.36. The van der Waals surface area contributed by atoms with Gasteiger partial charge in [-0.15, -0.1) is 0 Å². The molecule has 1 unspecified atom stereocenters. The molecule has 19 heavy (non-hydrogen) atoms. The van der Waals surface area contributed by atoms with Gasteiger partial charge >= 0.3 is 0 Å². The Morgan fingerprint density at radius 3 is 3.05 bits per heavy atom. The van der Waals surface area contributed by atoms with Crippen molar-refractivity contribution < 1.29 is 9.53 Å². The molecule has 1 amide bonds. The predicted octanol–water partition coefficient (Wildman–Crippen LogP) is 1.59. The summed E-state index contributed by atoms with van der Waals surface area (Å²) in [7, 11) is 1.58. The van der Waals surface area contributed by atoms with E-state index in [-0.39, 0.29) is 12.0 Å². The first-order valence-corrected chi connectivity index (χ1v) is 6.80. The fourth-order valence-corrected chi connectivity index (χ4v) is 2.65. The van der Waals surface area contributed by atoms with E-state index in [1.165, 1.54) is 0 Å². The second kappa shape index (κ2) is 6.37. The van der Waals surface area contributed by atoms with Crippen LogP contribution in [0.5, 0.6) is 0 Å². The first kappa shape index (κ1) is 14.3. The molecular weight excluding hydrogens is 264 g/mol. The molecule has 1 aromatic carbocycles. The van der Waals surface area contributed by atoms with E-state index in [1.54, 1.807) is 7.11 Å². The molecule has 1 atom stereocenters. The number of carbonyl (C=O) groups is 1. The first-order chi connectivity index (χ1) is 9.15. The van der Waals surface area contributed by atoms with Crippen molar-refractivity contribution in [1.29, 1.82) is 0 Å². The van der Waals surface area contributed by atoms with Crippen LogP contribution in [0, 0.1) is 0 Å². The number of carbonyl (C=O) groups excluding carboxylic acids is 1. The third-order valence-corrected chi connectivity index (χ3v) is 3.91. The van der Waals surface area contributed by atoms with Gasteiger partial charge in [0.1, 0.15) is 0 Å². The van der Waals surface area contributed by atoms with Crippen LogP contribution >= 0.6 is 11.6 Å². The molecule has 0 aromatic heterocycles. The van der Waals surface area contributed by atoms with Gasteiger partial charge in [-0.3, -0.25) is 4.79 Å². The molecule has 1 aromatic rings. The molecule has 104 valence electrons. The Morgan fingerprint density at radius 1 is 1.58 bits per heavy atom. The Balaban J connectivity index is 2.03. The Morgan fingerprint density at radius 2 is 2.37 bits per heavy atom. The number of fused-ring (bicyclic) bond motifs is 1. The third-order valence-electron chi connectivity index (χ3n) is 3.56. The Kier molecular flexibility index (Phi) is 4.80. The normalized spacial score (nSPS) is 16.1. The fraction of sp³-hybridized carbons (Fsp3) is 0.500. The van der Waals surface area contributed by atoms with Crippen LogP contribution in [-0.2, 0) is 22.5 Å². The molecule has 0 saturated heterocycles. The first-order valence-electron chi connectivity index (χ1n) is 6.42. The topological polar surface area (TPSA) is 55.6 Å². The molecule has 0 saturated carbocycles. The number of rotatable bonds is 4. The summed E-state index contributed by atoms with van der Waals surface area (Å²) in [6.45, 7) is 1.69. The molecule has 0 fully saturated rings. The average molecular weight is 283 g/mol. The monoisotopic (exact) mass is 282 g/mol. The summed E-state index contributed by atoms with van der Waals surface area (Å²) in [6, 6.07) is 5.84. The maximum atomic E-state index is 12.2. The molecular formula is C14H19ClN2O2. The quantitative estimate of drug-likeness (QED) is 0.912. The number of nitrogens with two attached hydrogens (primary N) is 1. The molecule has 0 bridgehead atoms. The van der Waals surface area contributed by atoms with Crippen molar-refractivity contribution in [2.75, 3.05) is 20.2 Å². The minimum Gasteiger partial charge on any atom is -0.380 e. The lowest BCUT2D eigenvalue weighted by atomic mass is 9.99. The van der Waals surface area contributed by atoms with Crippen molar-refractivity contribution in [3.05, 3.63) is 34.3 Å². The van der Waals surface area contributed by atoms with Crippen LogP contribution in [0.3, 0.4) is 0 Å². The van der Waals surface area contributed by atoms with Crippen LogP contribution < -0.4 is 5.73 Å². The molecule has 0 radical (unpaired) electrons. The van der Waals surface area contributed by atoms with Gasteiger partial charge in [-0.2, -0.15) is 0 Å². The van der Waals surface area contributed by atoms with E-state index in [0.717, 1.165) is 22.6 Å². The molecule has 5 heteroatoms. The number of ether oxygens (including phenoxy) is 1. The summed E-state index contributed by atoms with van der Waals surface area (Å²) in [5.74, 6) is 0.0860. The number of nitrogens with zero attached hydrogens (tertiary/aromatic N) is 1. The summed E-state index contributed by atoms with van der Waals surface area (Å²) < 4.78 is 5.16. The van der Waals surface area contributed by atoms with Crippen LogP contribution in [0.1, 0.15) is 17.5 Å². The van der Waals surface area contributed by atoms with E-state index in [9.17, 15) is 4.79 Å². The van der Waals surface area contributed by atoms with Crippen LogP contribution in [0.2, 0.25) is 5.02 Å². The third kappa shape index (κ3) is 3.26. The van der Waals surface area contributed by atoms with Gasteiger partial charge in [-0.1, -0.05) is 23.7 Å². The second-order valence-corrected chi connectivity index (χ2v) is 5.15. The predicted molar refractivity (Wildman–Crippen MR) is 75.0 cm³/mol. The number of hydrogen-bond donors (Lipinski definition) is 1. The number of methoxy groups -OCH3 is 1. The highest BCUT2D eigenvalue weighted by molar-refractivity contribution is 6.31. The van der Waals surface area contributed by atoms with Crippen molar-refractivity contribution in [1.82, 2.24) is 4.90 Å². The van der Waals surface area contributed by atoms with Crippen LogP contribution in [-0.4, -0.2) is 37.1 Å². The van der Waals surface area contributed by atoms with Gasteiger partial charge in [0.15, 0.2) is 0 Å². The Labute approximate surface area is 118 Å². The smallest absolute Gasteiger partial charge is 0.225 e. The highest BCUT2D eigenvalue weighted by Gasteiger charge is 2.23. The minimum absolute atomic E-state index is 0.0860. The van der Waals surface area contributed by atoms with Crippen LogP contribution in [0.15, 0.2) is 18.2 Å². The molecule has 1 aliphatic rings. The van der Waals surface area contributed by atoms with E-state index in [0.29, 0.717) is 26.1 Å². The van der Waals surface area contributed by atoms with E-state index in [1.807, 2.05) is 23.1 Å². The number of amides is 1. The second-order valence-electron chi connectivity index (χ2n) is 4.74. The highest BCUT2D eigenvalue weighted by Crippen LogP contribution is 2.26. The summed E-state index contributed by atoms with van der Waals surface area (Å²) in [4.78, 5) is 14.0. The van der Waals surface area contributed by atoms with E-state index < -0.39 is 0 Å². The van der Waals surface area contributed by atoms with Gasteiger partial charge in [0.05, 0.1) is 12.5 Å². The summed E-state index contributed by atoms with van der Waals surface area (Å²) >= 11 is 6.16. The lowest BCUT2D eigenvalue weighted by molar-refractivity contribution is -0.134. The van der Waals surface area contributed by atoms with Crippen molar-refractivity contribution in [2.24, 2.45) is 5.73 Å². The van der Waals surface area contributed by atoms with Gasteiger partial charge in [0.2, 0.25) is 5.91 Å². The molecule has 1 heterocycles.